The summed E-state index contributed by atoms with van der Waals surface area (Å²) in [5.74, 6) is -6.09. The van der Waals surface area contributed by atoms with Gasteiger partial charge in [-0.05, 0) is 11.1 Å². The van der Waals surface area contributed by atoms with Gasteiger partial charge in [-0.25, -0.2) is 4.79 Å². The summed E-state index contributed by atoms with van der Waals surface area (Å²) in [6.45, 7) is -0.168. The van der Waals surface area contributed by atoms with E-state index in [-0.39, 0.29) is 6.61 Å². The average molecular weight is 443 g/mol. The molecule has 2 aromatic carbocycles. The molecule has 0 saturated heterocycles. The molecule has 0 aliphatic rings. The first-order chi connectivity index (χ1) is 15.2. The third-order valence-corrected chi connectivity index (χ3v) is 4.66. The molecule has 0 spiro atoms. The summed E-state index contributed by atoms with van der Waals surface area (Å²) in [5.41, 5.74) is 11.7. The maximum absolute atomic E-state index is 12.9. The van der Waals surface area contributed by atoms with E-state index < -0.39 is 54.3 Å². The van der Waals surface area contributed by atoms with Crippen molar-refractivity contribution in [1.29, 1.82) is 0 Å². The lowest BCUT2D eigenvalue weighted by Gasteiger charge is -2.29. The number of hydrogen-bond acceptors (Lipinski definition) is 7. The summed E-state index contributed by atoms with van der Waals surface area (Å²) >= 11 is 0. The number of hydrogen-bond donors (Lipinski definition) is 5. The Hall–Kier alpha value is -3.76. The average Bonchev–Trinajstić information content (AvgIpc) is 2.77. The molecule has 10 heteroatoms. The zero-order valence-corrected chi connectivity index (χ0v) is 17.1. The third kappa shape index (κ3) is 6.89. The van der Waals surface area contributed by atoms with E-state index in [1.54, 1.807) is 48.5 Å². The second-order valence-electron chi connectivity index (χ2n) is 7.08. The maximum atomic E-state index is 12.9. The minimum Gasteiger partial charge on any atom is -0.479 e. The second-order valence-corrected chi connectivity index (χ2v) is 7.08. The van der Waals surface area contributed by atoms with Crippen molar-refractivity contribution in [1.82, 2.24) is 5.32 Å². The van der Waals surface area contributed by atoms with Gasteiger partial charge in [0, 0.05) is 0 Å². The number of aliphatic carboxylic acids is 1. The summed E-state index contributed by atoms with van der Waals surface area (Å²) in [5, 5.41) is 22.2. The van der Waals surface area contributed by atoms with Crippen LogP contribution in [0.5, 0.6) is 0 Å². The summed E-state index contributed by atoms with van der Waals surface area (Å²) in [7, 11) is 0. The van der Waals surface area contributed by atoms with Crippen LogP contribution in [0.2, 0.25) is 0 Å². The summed E-state index contributed by atoms with van der Waals surface area (Å²) < 4.78 is 5.25. The zero-order chi connectivity index (χ0) is 23.7. The van der Waals surface area contributed by atoms with Gasteiger partial charge in [0.25, 0.3) is 0 Å². The lowest BCUT2D eigenvalue weighted by Crippen LogP contribution is -2.50. The molecule has 0 fully saturated rings. The molecule has 0 aliphatic heterocycles. The van der Waals surface area contributed by atoms with E-state index in [1.165, 1.54) is 12.1 Å². The first-order valence-electron chi connectivity index (χ1n) is 9.71. The molecule has 0 aromatic heterocycles. The van der Waals surface area contributed by atoms with Gasteiger partial charge in [0.05, 0.1) is 18.5 Å². The number of carboxylic acid groups (broad SMARTS) is 1. The topological polar surface area (TPSA) is 182 Å². The van der Waals surface area contributed by atoms with E-state index in [0.29, 0.717) is 11.1 Å². The molecular weight excluding hydrogens is 418 g/mol. The van der Waals surface area contributed by atoms with E-state index in [9.17, 15) is 29.4 Å². The molecule has 10 nitrogen and oxygen atoms in total. The lowest BCUT2D eigenvalue weighted by atomic mass is 9.88. The summed E-state index contributed by atoms with van der Waals surface area (Å²) in [6.07, 6.45) is -2.66. The predicted molar refractivity (Wildman–Crippen MR) is 112 cm³/mol. The van der Waals surface area contributed by atoms with Crippen molar-refractivity contribution in [3.63, 3.8) is 0 Å². The predicted octanol–water partition coefficient (Wildman–Crippen LogP) is -0.148. The number of carbonyl (C=O) groups is 4. The molecule has 0 radical (unpaired) electrons. The smallest absolute Gasteiger partial charge is 0.333 e. The van der Waals surface area contributed by atoms with Crippen LogP contribution in [0.3, 0.4) is 0 Å². The first kappa shape index (κ1) is 24.5. The Balaban J connectivity index is 2.35. The van der Waals surface area contributed by atoms with Crippen molar-refractivity contribution in [2.45, 2.75) is 31.2 Å². The number of esters is 1. The van der Waals surface area contributed by atoms with Crippen molar-refractivity contribution in [2.75, 3.05) is 0 Å². The molecule has 170 valence electrons. The number of benzene rings is 2. The molecular formula is C22H25N3O7. The van der Waals surface area contributed by atoms with Gasteiger partial charge in [-0.3, -0.25) is 14.4 Å². The number of nitrogens with two attached hydrogens (primary N) is 2. The van der Waals surface area contributed by atoms with Gasteiger partial charge in [-0.1, -0.05) is 60.7 Å². The summed E-state index contributed by atoms with van der Waals surface area (Å²) in [6, 6.07) is 14.0. The van der Waals surface area contributed by atoms with Crippen molar-refractivity contribution >= 4 is 23.8 Å². The highest BCUT2D eigenvalue weighted by Gasteiger charge is 2.42. The number of nitrogens with one attached hydrogen (secondary N) is 1. The molecule has 2 aromatic rings. The van der Waals surface area contributed by atoms with Crippen LogP contribution in [0.25, 0.3) is 0 Å². The van der Waals surface area contributed by atoms with Crippen LogP contribution in [-0.4, -0.2) is 46.1 Å². The number of rotatable bonds is 11. The largest absolute Gasteiger partial charge is 0.479 e. The number of carboxylic acids is 1. The third-order valence-electron chi connectivity index (χ3n) is 4.66. The van der Waals surface area contributed by atoms with Crippen molar-refractivity contribution < 1.29 is 34.1 Å². The monoisotopic (exact) mass is 443 g/mol. The maximum Gasteiger partial charge on any atom is 0.333 e. The molecule has 0 bridgehead atoms. The van der Waals surface area contributed by atoms with Crippen LogP contribution in [0.1, 0.15) is 23.6 Å². The number of aliphatic hydroxyl groups is 1. The highest BCUT2D eigenvalue weighted by molar-refractivity contribution is 5.89. The number of aliphatic hydroxyl groups excluding tert-OH is 1. The highest BCUT2D eigenvalue weighted by Crippen LogP contribution is 2.27. The van der Waals surface area contributed by atoms with Crippen LogP contribution >= 0.6 is 0 Å². The first-order valence-corrected chi connectivity index (χ1v) is 9.71. The minimum absolute atomic E-state index is 0.168. The van der Waals surface area contributed by atoms with E-state index in [2.05, 4.69) is 5.32 Å². The number of primary amides is 1. The Morgan fingerprint density at radius 1 is 0.969 bits per heavy atom. The molecule has 32 heavy (non-hydrogen) atoms. The quantitative estimate of drug-likeness (QED) is 0.297. The molecule has 2 amide bonds. The lowest BCUT2D eigenvalue weighted by molar-refractivity contribution is -0.166. The number of amides is 2. The van der Waals surface area contributed by atoms with Crippen molar-refractivity contribution in [2.24, 2.45) is 17.4 Å². The Kier molecular flexibility index (Phi) is 8.87. The molecule has 0 aliphatic carbocycles. The van der Waals surface area contributed by atoms with Crippen LogP contribution < -0.4 is 16.8 Å². The van der Waals surface area contributed by atoms with Gasteiger partial charge >= 0.3 is 11.9 Å². The minimum atomic E-state index is -2.20. The SMILES string of the molecule is NC(=O)C[C@H](N)C(=O)NC(c1ccccc1)C(C(=O)OCc1ccccc1)C(O)C(=O)O. The molecule has 0 saturated carbocycles. The van der Waals surface area contributed by atoms with Gasteiger partial charge < -0.3 is 31.7 Å². The number of carbonyl (C=O) groups excluding carboxylic acids is 3. The Bertz CT molecular complexity index is 937. The fourth-order valence-corrected chi connectivity index (χ4v) is 3.04. The van der Waals surface area contributed by atoms with Gasteiger partial charge in [-0.2, -0.15) is 0 Å². The summed E-state index contributed by atoms with van der Waals surface area (Å²) in [4.78, 5) is 48.1. The van der Waals surface area contributed by atoms with E-state index >= 15 is 0 Å². The Morgan fingerprint density at radius 3 is 2.06 bits per heavy atom. The molecule has 4 atom stereocenters. The van der Waals surface area contributed by atoms with Crippen molar-refractivity contribution in [3.8, 4) is 0 Å². The molecule has 0 heterocycles. The zero-order valence-electron chi connectivity index (χ0n) is 17.1. The fraction of sp³-hybridized carbons (Fsp3) is 0.273. The molecule has 3 unspecified atom stereocenters. The fourth-order valence-electron chi connectivity index (χ4n) is 3.04. The second kappa shape index (κ2) is 11.6. The normalized spacial score (nSPS) is 14.4. The van der Waals surface area contributed by atoms with Gasteiger partial charge in [-0.15, -0.1) is 0 Å². The molecule has 7 N–H and O–H groups in total. The highest BCUT2D eigenvalue weighted by atomic mass is 16.5. The van der Waals surface area contributed by atoms with Crippen LogP contribution in [0, 0.1) is 5.92 Å². The standard InChI is InChI=1S/C22H25N3O7/c23-15(11-16(24)26)20(28)25-18(14-9-5-2-6-10-14)17(19(27)21(29)30)22(31)32-12-13-7-3-1-4-8-13/h1-10,15,17-19,27H,11-12,23H2,(H2,24,26)(H,25,28)(H,29,30)/t15-,17?,18?,19?/m0/s1. The molecule has 2 rings (SSSR count). The number of ether oxygens (including phenoxy) is 1. The van der Waals surface area contributed by atoms with Gasteiger partial charge in [0.15, 0.2) is 6.10 Å². The van der Waals surface area contributed by atoms with Crippen molar-refractivity contribution in [3.05, 3.63) is 71.8 Å². The van der Waals surface area contributed by atoms with Crippen LogP contribution in [0.15, 0.2) is 60.7 Å². The van der Waals surface area contributed by atoms with Gasteiger partial charge in [0.2, 0.25) is 11.8 Å². The van der Waals surface area contributed by atoms with Crippen LogP contribution in [0.4, 0.5) is 0 Å². The van der Waals surface area contributed by atoms with Gasteiger partial charge in [0.1, 0.15) is 12.5 Å². The van der Waals surface area contributed by atoms with E-state index in [4.69, 9.17) is 16.2 Å². The van der Waals surface area contributed by atoms with E-state index in [1.807, 2.05) is 0 Å². The Labute approximate surface area is 184 Å². The van der Waals surface area contributed by atoms with Crippen LogP contribution in [-0.2, 0) is 30.5 Å². The van der Waals surface area contributed by atoms with E-state index in [0.717, 1.165) is 0 Å². The Morgan fingerprint density at radius 2 is 1.53 bits per heavy atom.